The van der Waals surface area contributed by atoms with Crippen LogP contribution in [0, 0.1) is 17.3 Å². The van der Waals surface area contributed by atoms with Crippen LogP contribution in [0.15, 0.2) is 24.3 Å². The summed E-state index contributed by atoms with van der Waals surface area (Å²) in [5.74, 6) is 0.137. The van der Waals surface area contributed by atoms with E-state index in [-0.39, 0.29) is 28.8 Å². The van der Waals surface area contributed by atoms with Crippen LogP contribution in [0.3, 0.4) is 0 Å². The predicted octanol–water partition coefficient (Wildman–Crippen LogP) is 4.00. The van der Waals surface area contributed by atoms with Crippen molar-refractivity contribution in [2.45, 2.75) is 57.3 Å². The molecule has 0 aromatic heterocycles. The second kappa shape index (κ2) is 6.39. The average Bonchev–Trinajstić information content (AvgIpc) is 2.50. The minimum Gasteiger partial charge on any atom is -0.406 e. The molecule has 2 amide bonds. The summed E-state index contributed by atoms with van der Waals surface area (Å²) in [5, 5.41) is 5.90. The number of hydrogen-bond donors (Lipinski definition) is 2. The molecule has 0 spiro atoms. The lowest BCUT2D eigenvalue weighted by molar-refractivity contribution is -0.274. The van der Waals surface area contributed by atoms with E-state index in [9.17, 15) is 22.8 Å². The van der Waals surface area contributed by atoms with Crippen molar-refractivity contribution in [1.29, 1.82) is 0 Å². The number of nitrogens with one attached hydrogen (secondary N) is 2. The third kappa shape index (κ3) is 3.69. The lowest BCUT2D eigenvalue weighted by Gasteiger charge is -2.61. The van der Waals surface area contributed by atoms with Crippen molar-refractivity contribution in [2.75, 3.05) is 5.32 Å². The zero-order chi connectivity index (χ0) is 20.2. The molecule has 4 fully saturated rings. The minimum absolute atomic E-state index is 0.0884. The maximum atomic E-state index is 13.2. The van der Waals surface area contributed by atoms with Gasteiger partial charge in [-0.15, -0.1) is 13.2 Å². The van der Waals surface area contributed by atoms with Gasteiger partial charge >= 0.3 is 6.36 Å². The molecule has 1 aromatic rings. The van der Waals surface area contributed by atoms with Gasteiger partial charge in [-0.3, -0.25) is 9.59 Å². The van der Waals surface area contributed by atoms with Crippen molar-refractivity contribution in [3.63, 3.8) is 0 Å². The summed E-state index contributed by atoms with van der Waals surface area (Å²) in [6, 6.07) is 5.33. The summed E-state index contributed by atoms with van der Waals surface area (Å²) >= 11 is 0. The molecular weight excluding hydrogens is 373 g/mol. The molecule has 4 aliphatic rings. The number of benzene rings is 1. The molecule has 0 aliphatic heterocycles. The largest absolute Gasteiger partial charge is 0.573 e. The molecule has 0 radical (unpaired) electrons. The maximum Gasteiger partial charge on any atom is 0.573 e. The number of hydrogen-bond acceptors (Lipinski definition) is 3. The van der Waals surface area contributed by atoms with Crippen LogP contribution in [0.2, 0.25) is 0 Å². The first-order chi connectivity index (χ1) is 13.1. The summed E-state index contributed by atoms with van der Waals surface area (Å²) in [4.78, 5) is 24.9. The van der Waals surface area contributed by atoms with E-state index in [1.807, 2.05) is 0 Å². The van der Waals surface area contributed by atoms with Gasteiger partial charge in [-0.05, 0) is 62.5 Å². The maximum absolute atomic E-state index is 13.2. The Morgan fingerprint density at radius 1 is 1.14 bits per heavy atom. The lowest BCUT2D eigenvalue weighted by atomic mass is 9.46. The Balaban J connectivity index is 1.54. The highest BCUT2D eigenvalue weighted by molar-refractivity contribution is 5.96. The zero-order valence-electron chi connectivity index (χ0n) is 15.6. The minimum atomic E-state index is -4.78. The van der Waals surface area contributed by atoms with Crippen molar-refractivity contribution in [2.24, 2.45) is 17.3 Å². The Labute approximate surface area is 161 Å². The fraction of sp³-hybridized carbons (Fsp3) is 0.600. The number of rotatable bonds is 4. The SMILES string of the molecule is CC(=O)NC12C[C@H]3C[C@@H](C1)CC(C(=O)Nc1cccc(OC(F)(F)F)c1)(C3)C2. The quantitative estimate of drug-likeness (QED) is 0.809. The van der Waals surface area contributed by atoms with E-state index < -0.39 is 11.8 Å². The molecule has 4 aliphatic carbocycles. The first-order valence-electron chi connectivity index (χ1n) is 9.53. The first-order valence-corrected chi connectivity index (χ1v) is 9.53. The molecule has 152 valence electrons. The molecule has 1 aromatic carbocycles. The van der Waals surface area contributed by atoms with Crippen molar-refractivity contribution < 1.29 is 27.5 Å². The Hall–Kier alpha value is -2.25. The van der Waals surface area contributed by atoms with Gasteiger partial charge in [-0.1, -0.05) is 6.07 Å². The first kappa shape index (κ1) is 19.1. The van der Waals surface area contributed by atoms with Crippen LogP contribution in [0.4, 0.5) is 18.9 Å². The zero-order valence-corrected chi connectivity index (χ0v) is 15.6. The van der Waals surface area contributed by atoms with Crippen LogP contribution in [-0.2, 0) is 9.59 Å². The third-order valence-corrected chi connectivity index (χ3v) is 6.31. The summed E-state index contributed by atoms with van der Waals surface area (Å²) in [6.45, 7) is 1.50. The van der Waals surface area contributed by atoms with Crippen LogP contribution in [0.25, 0.3) is 0 Å². The predicted molar refractivity (Wildman–Crippen MR) is 95.4 cm³/mol. The molecule has 4 atom stereocenters. The Morgan fingerprint density at radius 2 is 1.82 bits per heavy atom. The summed E-state index contributed by atoms with van der Waals surface area (Å²) in [6.07, 6.45) is 0.181. The lowest BCUT2D eigenvalue weighted by Crippen LogP contribution is -2.65. The van der Waals surface area contributed by atoms with Crippen molar-refractivity contribution >= 4 is 17.5 Å². The molecule has 0 heterocycles. The number of halogens is 3. The number of carbonyl (C=O) groups is 2. The topological polar surface area (TPSA) is 67.4 Å². The average molecular weight is 396 g/mol. The van der Waals surface area contributed by atoms with Crippen LogP contribution >= 0.6 is 0 Å². The van der Waals surface area contributed by atoms with Crippen molar-refractivity contribution in [3.05, 3.63) is 24.3 Å². The molecule has 5 nitrogen and oxygen atoms in total. The Bertz CT molecular complexity index is 794. The van der Waals surface area contributed by atoms with Gasteiger partial charge in [0.1, 0.15) is 5.75 Å². The molecule has 2 N–H and O–H groups in total. The number of carbonyl (C=O) groups excluding carboxylic acids is 2. The van der Waals surface area contributed by atoms with E-state index in [1.165, 1.54) is 25.1 Å². The molecule has 5 rings (SSSR count). The molecule has 28 heavy (non-hydrogen) atoms. The molecule has 8 heteroatoms. The normalized spacial score (nSPS) is 33.4. The van der Waals surface area contributed by atoms with E-state index in [2.05, 4.69) is 15.4 Å². The number of anilines is 1. The highest BCUT2D eigenvalue weighted by Gasteiger charge is 2.60. The molecular formula is C20H23F3N2O3. The highest BCUT2D eigenvalue weighted by Crippen LogP contribution is 2.61. The fourth-order valence-electron chi connectivity index (χ4n) is 6.08. The summed E-state index contributed by atoms with van der Waals surface area (Å²) in [5.41, 5.74) is -0.655. The smallest absolute Gasteiger partial charge is 0.406 e. The second-order valence-corrected chi connectivity index (χ2v) is 8.73. The fourth-order valence-corrected chi connectivity index (χ4v) is 6.08. The van der Waals surface area contributed by atoms with Gasteiger partial charge in [0.25, 0.3) is 0 Å². The second-order valence-electron chi connectivity index (χ2n) is 8.73. The number of alkyl halides is 3. The van der Waals surface area contributed by atoms with E-state index in [0.29, 0.717) is 18.3 Å². The number of amides is 2. The van der Waals surface area contributed by atoms with Gasteiger partial charge in [-0.25, -0.2) is 0 Å². The van der Waals surface area contributed by atoms with Crippen LogP contribution in [0.1, 0.15) is 45.4 Å². The molecule has 2 unspecified atom stereocenters. The summed E-state index contributed by atoms with van der Waals surface area (Å²) < 4.78 is 41.3. The van der Waals surface area contributed by atoms with Crippen LogP contribution < -0.4 is 15.4 Å². The van der Waals surface area contributed by atoms with Gasteiger partial charge in [0.05, 0.1) is 5.41 Å². The Morgan fingerprint density at radius 3 is 2.43 bits per heavy atom. The monoisotopic (exact) mass is 396 g/mol. The third-order valence-electron chi connectivity index (χ3n) is 6.31. The molecule has 0 saturated heterocycles. The Kier molecular flexibility index (Phi) is 4.35. The highest BCUT2D eigenvalue weighted by atomic mass is 19.4. The van der Waals surface area contributed by atoms with Gasteiger partial charge in [0.15, 0.2) is 0 Å². The standard InChI is InChI=1S/C20H23F3N2O3/c1-12(26)25-19-9-13-5-14(10-19)8-18(7-13,11-19)17(27)24-15-3-2-4-16(6-15)28-20(21,22)23/h2-4,6,13-14H,5,7-11H2,1H3,(H,24,27)(H,25,26)/t13-,14+,18?,19?. The van der Waals surface area contributed by atoms with E-state index >= 15 is 0 Å². The van der Waals surface area contributed by atoms with E-state index in [4.69, 9.17) is 0 Å². The number of ether oxygens (including phenoxy) is 1. The van der Waals surface area contributed by atoms with Gasteiger partial charge in [0, 0.05) is 24.2 Å². The van der Waals surface area contributed by atoms with Gasteiger partial charge < -0.3 is 15.4 Å². The van der Waals surface area contributed by atoms with E-state index in [0.717, 1.165) is 32.1 Å². The summed E-state index contributed by atoms with van der Waals surface area (Å²) in [7, 11) is 0. The van der Waals surface area contributed by atoms with Gasteiger partial charge in [0.2, 0.25) is 11.8 Å². The molecule has 4 saturated carbocycles. The van der Waals surface area contributed by atoms with Crippen LogP contribution in [0.5, 0.6) is 5.75 Å². The van der Waals surface area contributed by atoms with Crippen molar-refractivity contribution in [1.82, 2.24) is 5.32 Å². The van der Waals surface area contributed by atoms with Crippen molar-refractivity contribution in [3.8, 4) is 5.75 Å². The van der Waals surface area contributed by atoms with Gasteiger partial charge in [-0.2, -0.15) is 0 Å². The molecule has 4 bridgehead atoms. The van der Waals surface area contributed by atoms with Crippen LogP contribution in [-0.4, -0.2) is 23.7 Å². The van der Waals surface area contributed by atoms with E-state index in [1.54, 1.807) is 6.07 Å².